The number of nitrogens with zero attached hydrogens (tertiary/aromatic N) is 6. The van der Waals surface area contributed by atoms with Gasteiger partial charge < -0.3 is 20.3 Å². The molecule has 13 heteroatoms. The molecule has 194 valence electrons. The Labute approximate surface area is 216 Å². The molecule has 0 saturated heterocycles. The smallest absolute Gasteiger partial charge is 0.326 e. The molecule has 0 saturated carbocycles. The van der Waals surface area contributed by atoms with E-state index in [0.717, 1.165) is 11.1 Å². The van der Waals surface area contributed by atoms with Crippen molar-refractivity contribution in [2.24, 2.45) is 0 Å². The van der Waals surface area contributed by atoms with Crippen LogP contribution < -0.4 is 15.8 Å². The van der Waals surface area contributed by atoms with Crippen molar-refractivity contribution in [3.05, 3.63) is 69.3 Å². The van der Waals surface area contributed by atoms with Gasteiger partial charge >= 0.3 is 5.97 Å². The zero-order valence-corrected chi connectivity index (χ0v) is 20.7. The number of carbonyl (C=O) groups is 2. The second-order valence-corrected chi connectivity index (χ2v) is 8.64. The Balaban J connectivity index is 1.49. The molecule has 0 bridgehead atoms. The molecule has 38 heavy (non-hydrogen) atoms. The van der Waals surface area contributed by atoms with Gasteiger partial charge in [0.1, 0.15) is 17.6 Å². The molecule has 3 heterocycles. The minimum Gasteiger partial charge on any atom is -0.480 e. The molecule has 1 aromatic carbocycles. The summed E-state index contributed by atoms with van der Waals surface area (Å²) in [5.74, 6) is 1.69. The first-order chi connectivity index (χ1) is 18.2. The summed E-state index contributed by atoms with van der Waals surface area (Å²) in [4.78, 5) is 49.9. The highest BCUT2D eigenvalue weighted by molar-refractivity contribution is 5.95. The number of terminal acetylenes is 1. The van der Waals surface area contributed by atoms with E-state index in [1.807, 2.05) is 17.9 Å². The number of hydrogen-bond donors (Lipinski definition) is 4. The summed E-state index contributed by atoms with van der Waals surface area (Å²) in [6.07, 6.45) is 7.40. The van der Waals surface area contributed by atoms with Gasteiger partial charge in [-0.2, -0.15) is 5.21 Å². The van der Waals surface area contributed by atoms with Gasteiger partial charge in [-0.25, -0.2) is 14.8 Å². The lowest BCUT2D eigenvalue weighted by Gasteiger charge is -2.23. The molecule has 1 amide bonds. The second kappa shape index (κ2) is 11.3. The van der Waals surface area contributed by atoms with Crippen LogP contribution in [-0.4, -0.2) is 65.1 Å². The molecule has 0 unspecified atom stereocenters. The molecule has 0 spiro atoms. The van der Waals surface area contributed by atoms with Crippen LogP contribution in [0.15, 0.2) is 35.3 Å². The molecule has 13 nitrogen and oxygen atoms in total. The fourth-order valence-electron chi connectivity index (χ4n) is 3.94. The third-order valence-corrected chi connectivity index (χ3v) is 5.92. The van der Waals surface area contributed by atoms with E-state index >= 15 is 0 Å². The van der Waals surface area contributed by atoms with E-state index in [1.165, 1.54) is 12.3 Å². The van der Waals surface area contributed by atoms with Crippen LogP contribution in [0.1, 0.15) is 39.7 Å². The van der Waals surface area contributed by atoms with Gasteiger partial charge in [-0.05, 0) is 55.7 Å². The maximum atomic E-state index is 12.7. The molecular weight excluding hydrogens is 490 g/mol. The van der Waals surface area contributed by atoms with E-state index in [1.54, 1.807) is 19.1 Å². The molecule has 4 aromatic rings. The van der Waals surface area contributed by atoms with Gasteiger partial charge in [0.2, 0.25) is 0 Å². The number of carboxylic acid groups (broad SMARTS) is 1. The lowest BCUT2D eigenvalue weighted by Crippen LogP contribution is -2.41. The van der Waals surface area contributed by atoms with Crippen LogP contribution in [0.3, 0.4) is 0 Å². The van der Waals surface area contributed by atoms with Gasteiger partial charge in [-0.3, -0.25) is 9.59 Å². The number of hydrogen-bond acceptors (Lipinski definition) is 9. The van der Waals surface area contributed by atoms with Crippen LogP contribution in [0, 0.1) is 26.2 Å². The predicted molar refractivity (Wildman–Crippen MR) is 137 cm³/mol. The first kappa shape index (κ1) is 26.0. The number of aliphatic carboxylic acids is 1. The third kappa shape index (κ3) is 5.98. The number of rotatable bonds is 10. The SMILES string of the molecule is C#CCN(Cc1cc2c(=O)[nH]c(C)nc2cc1C)c1ccc(C(=O)N[C@@H](CCc2nn[nH]n2)C(=O)O)nc1. The lowest BCUT2D eigenvalue weighted by atomic mass is 10.0. The van der Waals surface area contributed by atoms with E-state index < -0.39 is 17.9 Å². The molecule has 0 aliphatic carbocycles. The summed E-state index contributed by atoms with van der Waals surface area (Å²) in [6.45, 7) is 4.31. The van der Waals surface area contributed by atoms with Gasteiger partial charge in [0.25, 0.3) is 11.5 Å². The van der Waals surface area contributed by atoms with Gasteiger partial charge in [-0.1, -0.05) is 11.1 Å². The number of nitrogens with one attached hydrogen (secondary N) is 3. The average Bonchev–Trinajstić information content (AvgIpc) is 3.40. The second-order valence-electron chi connectivity index (χ2n) is 8.64. The van der Waals surface area contributed by atoms with Gasteiger partial charge in [0, 0.05) is 13.0 Å². The molecule has 1 atom stereocenters. The van der Waals surface area contributed by atoms with Crippen LogP contribution in [0.25, 0.3) is 10.9 Å². The Morgan fingerprint density at radius 1 is 1.26 bits per heavy atom. The Morgan fingerprint density at radius 3 is 2.74 bits per heavy atom. The summed E-state index contributed by atoms with van der Waals surface area (Å²) in [7, 11) is 0. The number of amides is 1. The van der Waals surface area contributed by atoms with Crippen molar-refractivity contribution in [3.63, 3.8) is 0 Å². The van der Waals surface area contributed by atoms with Crippen molar-refractivity contribution < 1.29 is 14.7 Å². The highest BCUT2D eigenvalue weighted by Gasteiger charge is 2.22. The minimum absolute atomic E-state index is 0.0510. The van der Waals surface area contributed by atoms with Crippen molar-refractivity contribution >= 4 is 28.5 Å². The first-order valence-corrected chi connectivity index (χ1v) is 11.7. The van der Waals surface area contributed by atoms with Gasteiger partial charge in [-0.15, -0.1) is 16.6 Å². The standard InChI is InChI=1S/C25H25N9O4/c1-4-9-34(13-16-11-18-21(10-14(16)2)27-15(3)28-23(18)35)17-5-6-19(26-12-17)24(36)29-20(25(37)38)7-8-22-30-32-33-31-22/h1,5-6,10-12,20H,7-9,13H2,2-3H3,(H,29,36)(H,37,38)(H,27,28,35)(H,30,31,32,33)/t20-/m0/s1. The summed E-state index contributed by atoms with van der Waals surface area (Å²) in [6, 6.07) is 5.69. The normalized spacial score (nSPS) is 11.6. The number of tetrazole rings is 1. The number of carbonyl (C=O) groups excluding carboxylic acids is 1. The fraction of sp³-hybridized carbons (Fsp3) is 0.280. The number of aryl methyl sites for hydroxylation is 3. The zero-order valence-electron chi connectivity index (χ0n) is 20.7. The molecule has 3 aromatic heterocycles. The monoisotopic (exact) mass is 515 g/mol. The van der Waals surface area contributed by atoms with Crippen LogP contribution >= 0.6 is 0 Å². The lowest BCUT2D eigenvalue weighted by molar-refractivity contribution is -0.139. The highest BCUT2D eigenvalue weighted by atomic mass is 16.4. The molecule has 4 rings (SSSR count). The van der Waals surface area contributed by atoms with E-state index in [-0.39, 0.29) is 30.6 Å². The number of carboxylic acids is 1. The molecule has 0 radical (unpaired) electrons. The van der Waals surface area contributed by atoms with E-state index in [0.29, 0.717) is 34.8 Å². The Kier molecular flexibility index (Phi) is 7.72. The number of pyridine rings is 1. The van der Waals surface area contributed by atoms with Gasteiger partial charge in [0.05, 0.1) is 29.3 Å². The van der Waals surface area contributed by atoms with Crippen molar-refractivity contribution in [1.29, 1.82) is 0 Å². The summed E-state index contributed by atoms with van der Waals surface area (Å²) in [5, 5.41) is 25.7. The van der Waals surface area contributed by atoms with Crippen LogP contribution in [0.4, 0.5) is 5.69 Å². The summed E-state index contributed by atoms with van der Waals surface area (Å²) < 4.78 is 0. The molecular formula is C25H25N9O4. The molecule has 0 aliphatic heterocycles. The number of benzene rings is 1. The van der Waals surface area contributed by atoms with E-state index in [2.05, 4.69) is 46.8 Å². The number of fused-ring (bicyclic) bond motifs is 1. The Morgan fingerprint density at radius 2 is 2.08 bits per heavy atom. The third-order valence-electron chi connectivity index (χ3n) is 5.92. The first-order valence-electron chi connectivity index (χ1n) is 11.7. The summed E-state index contributed by atoms with van der Waals surface area (Å²) in [5.41, 5.74) is 2.94. The van der Waals surface area contributed by atoms with Crippen molar-refractivity contribution in [2.75, 3.05) is 11.4 Å². The van der Waals surface area contributed by atoms with Crippen molar-refractivity contribution in [2.45, 2.75) is 39.3 Å². The largest absolute Gasteiger partial charge is 0.480 e. The van der Waals surface area contributed by atoms with Crippen LogP contribution in [0.2, 0.25) is 0 Å². The zero-order chi connectivity index (χ0) is 27.2. The minimum atomic E-state index is -1.19. The maximum absolute atomic E-state index is 12.7. The van der Waals surface area contributed by atoms with Crippen LogP contribution in [-0.2, 0) is 17.8 Å². The molecule has 0 aliphatic rings. The predicted octanol–water partition coefficient (Wildman–Crippen LogP) is 0.904. The van der Waals surface area contributed by atoms with Crippen molar-refractivity contribution in [3.8, 4) is 12.3 Å². The van der Waals surface area contributed by atoms with E-state index in [4.69, 9.17) is 6.42 Å². The van der Waals surface area contributed by atoms with Crippen molar-refractivity contribution in [1.82, 2.24) is 40.9 Å². The highest BCUT2D eigenvalue weighted by Crippen LogP contribution is 2.21. The quantitative estimate of drug-likeness (QED) is 0.221. The van der Waals surface area contributed by atoms with Gasteiger partial charge in [0.15, 0.2) is 5.82 Å². The maximum Gasteiger partial charge on any atom is 0.326 e. The number of H-pyrrole nitrogens is 2. The molecule has 0 fully saturated rings. The molecule has 4 N–H and O–H groups in total. The average molecular weight is 516 g/mol. The fourth-order valence-corrected chi connectivity index (χ4v) is 3.94. The Bertz CT molecular complexity index is 1560. The topological polar surface area (TPSA) is 183 Å². The van der Waals surface area contributed by atoms with Crippen LogP contribution in [0.5, 0.6) is 0 Å². The Hall–Kier alpha value is -5.12. The summed E-state index contributed by atoms with van der Waals surface area (Å²) >= 11 is 0. The van der Waals surface area contributed by atoms with E-state index in [9.17, 15) is 19.5 Å². The number of anilines is 1. The number of aromatic nitrogens is 7. The number of aromatic amines is 2.